The van der Waals surface area contributed by atoms with Gasteiger partial charge in [-0.1, -0.05) is 78.5 Å². The number of hydrogen-bond donors (Lipinski definition) is 1. The molecule has 2 aromatic heterocycles. The van der Waals surface area contributed by atoms with Gasteiger partial charge in [0.05, 0.1) is 10.6 Å². The van der Waals surface area contributed by atoms with Crippen LogP contribution in [0.3, 0.4) is 0 Å². The predicted molar refractivity (Wildman–Crippen MR) is 132 cm³/mol. The molecule has 0 fully saturated rings. The predicted octanol–water partition coefficient (Wildman–Crippen LogP) is 5.46. The summed E-state index contributed by atoms with van der Waals surface area (Å²) in [5, 5.41) is 14.5. The van der Waals surface area contributed by atoms with Crippen molar-refractivity contribution in [3.05, 3.63) is 89.3 Å². The number of aromatic nitrogens is 3. The molecule has 0 spiro atoms. The molecule has 0 aliphatic heterocycles. The van der Waals surface area contributed by atoms with Crippen LogP contribution in [0.4, 0.5) is 0 Å². The molecule has 2 aromatic carbocycles. The van der Waals surface area contributed by atoms with E-state index in [4.69, 9.17) is 0 Å². The summed E-state index contributed by atoms with van der Waals surface area (Å²) in [6.07, 6.45) is 0.845. The van der Waals surface area contributed by atoms with Gasteiger partial charge in [-0.25, -0.2) is 0 Å². The SMILES string of the molecule is CCn1c(SCC(=O)NCCC(c2ccccc2)c2ccccc2)nnc1-c1cccs1. The lowest BCUT2D eigenvalue weighted by molar-refractivity contribution is -0.118. The third-order valence-corrected chi connectivity index (χ3v) is 7.10. The Morgan fingerprint density at radius 3 is 2.28 bits per heavy atom. The van der Waals surface area contributed by atoms with Crippen LogP contribution in [0.5, 0.6) is 0 Å². The van der Waals surface area contributed by atoms with Crippen molar-refractivity contribution in [1.29, 1.82) is 0 Å². The monoisotopic (exact) mass is 462 g/mol. The normalized spacial score (nSPS) is 11.1. The van der Waals surface area contributed by atoms with Gasteiger partial charge in [-0.15, -0.1) is 21.5 Å². The number of carbonyl (C=O) groups excluding carboxylic acids is 1. The Morgan fingerprint density at radius 1 is 1.00 bits per heavy atom. The number of amides is 1. The minimum Gasteiger partial charge on any atom is -0.355 e. The van der Waals surface area contributed by atoms with E-state index in [1.54, 1.807) is 11.3 Å². The van der Waals surface area contributed by atoms with Gasteiger partial charge in [0.2, 0.25) is 5.91 Å². The maximum atomic E-state index is 12.5. The lowest BCUT2D eigenvalue weighted by Crippen LogP contribution is -2.27. The van der Waals surface area contributed by atoms with Crippen LogP contribution >= 0.6 is 23.1 Å². The summed E-state index contributed by atoms with van der Waals surface area (Å²) in [4.78, 5) is 13.6. The van der Waals surface area contributed by atoms with Gasteiger partial charge in [-0.05, 0) is 35.9 Å². The number of thioether (sulfide) groups is 1. The van der Waals surface area contributed by atoms with E-state index in [-0.39, 0.29) is 11.8 Å². The van der Waals surface area contributed by atoms with E-state index in [1.807, 2.05) is 29.6 Å². The second-order valence-corrected chi connectivity index (χ2v) is 9.22. The first-order valence-corrected chi connectivity index (χ1v) is 12.6. The zero-order valence-corrected chi connectivity index (χ0v) is 19.6. The van der Waals surface area contributed by atoms with Crippen molar-refractivity contribution in [3.8, 4) is 10.7 Å². The summed E-state index contributed by atoms with van der Waals surface area (Å²) in [6, 6.07) is 25.0. The third kappa shape index (κ3) is 5.47. The van der Waals surface area contributed by atoms with Crippen molar-refractivity contribution >= 4 is 29.0 Å². The lowest BCUT2D eigenvalue weighted by atomic mass is 9.88. The number of nitrogens with one attached hydrogen (secondary N) is 1. The average Bonchev–Trinajstić information content (AvgIpc) is 3.51. The number of nitrogens with zero attached hydrogens (tertiary/aromatic N) is 3. The Balaban J connectivity index is 1.33. The molecular weight excluding hydrogens is 436 g/mol. The highest BCUT2D eigenvalue weighted by Gasteiger charge is 2.16. The lowest BCUT2D eigenvalue weighted by Gasteiger charge is -2.18. The molecule has 164 valence electrons. The highest BCUT2D eigenvalue weighted by Crippen LogP contribution is 2.28. The van der Waals surface area contributed by atoms with Crippen LogP contribution in [0, 0.1) is 0 Å². The first-order valence-electron chi connectivity index (χ1n) is 10.7. The van der Waals surface area contributed by atoms with Crippen molar-refractivity contribution < 1.29 is 4.79 Å². The fourth-order valence-corrected chi connectivity index (χ4v) is 5.25. The smallest absolute Gasteiger partial charge is 0.230 e. The minimum absolute atomic E-state index is 0.0122. The first kappa shape index (κ1) is 22.3. The summed E-state index contributed by atoms with van der Waals surface area (Å²) < 4.78 is 2.06. The van der Waals surface area contributed by atoms with E-state index < -0.39 is 0 Å². The van der Waals surface area contributed by atoms with Gasteiger partial charge in [0.25, 0.3) is 0 Å². The van der Waals surface area contributed by atoms with E-state index in [0.717, 1.165) is 28.8 Å². The highest BCUT2D eigenvalue weighted by molar-refractivity contribution is 7.99. The number of benzene rings is 2. The number of rotatable bonds is 10. The van der Waals surface area contributed by atoms with E-state index >= 15 is 0 Å². The van der Waals surface area contributed by atoms with Gasteiger partial charge in [0.15, 0.2) is 11.0 Å². The first-order chi connectivity index (χ1) is 15.8. The molecule has 0 saturated heterocycles. The number of hydrogen-bond acceptors (Lipinski definition) is 5. The fraction of sp³-hybridized carbons (Fsp3) is 0.240. The standard InChI is InChI=1S/C25H26N4OS2/c1-2-29-24(22-14-9-17-31-22)27-28-25(29)32-18-23(30)26-16-15-21(19-10-5-3-6-11-19)20-12-7-4-8-13-20/h3-14,17,21H,2,15-16,18H2,1H3,(H,26,30). The molecule has 0 atom stereocenters. The van der Waals surface area contributed by atoms with Crippen LogP contribution in [0.1, 0.15) is 30.4 Å². The van der Waals surface area contributed by atoms with Crippen molar-refractivity contribution in [2.75, 3.05) is 12.3 Å². The average molecular weight is 463 g/mol. The summed E-state index contributed by atoms with van der Waals surface area (Å²) in [5.41, 5.74) is 2.53. The molecule has 32 heavy (non-hydrogen) atoms. The molecular formula is C25H26N4OS2. The van der Waals surface area contributed by atoms with Crippen LogP contribution in [0.15, 0.2) is 83.3 Å². The Hall–Kier alpha value is -2.90. The van der Waals surface area contributed by atoms with Crippen molar-refractivity contribution in [3.63, 3.8) is 0 Å². The molecule has 1 amide bonds. The van der Waals surface area contributed by atoms with E-state index in [0.29, 0.717) is 12.3 Å². The van der Waals surface area contributed by atoms with Crippen LogP contribution in [-0.2, 0) is 11.3 Å². The minimum atomic E-state index is 0.0122. The highest BCUT2D eigenvalue weighted by atomic mass is 32.2. The van der Waals surface area contributed by atoms with Crippen molar-refractivity contribution in [1.82, 2.24) is 20.1 Å². The molecule has 0 saturated carbocycles. The van der Waals surface area contributed by atoms with Gasteiger partial charge in [0.1, 0.15) is 0 Å². The summed E-state index contributed by atoms with van der Waals surface area (Å²) in [6.45, 7) is 3.45. The quantitative estimate of drug-likeness (QED) is 0.318. The molecule has 7 heteroatoms. The molecule has 4 rings (SSSR count). The van der Waals surface area contributed by atoms with Gasteiger partial charge < -0.3 is 9.88 Å². The second-order valence-electron chi connectivity index (χ2n) is 7.33. The summed E-state index contributed by atoms with van der Waals surface area (Å²) in [7, 11) is 0. The van der Waals surface area contributed by atoms with Gasteiger partial charge in [0, 0.05) is 19.0 Å². The molecule has 5 nitrogen and oxygen atoms in total. The second kappa shape index (κ2) is 11.1. The number of thiophene rings is 1. The van der Waals surface area contributed by atoms with Crippen molar-refractivity contribution in [2.45, 2.75) is 31.0 Å². The molecule has 0 aliphatic rings. The number of carbonyl (C=O) groups is 1. The molecule has 0 radical (unpaired) electrons. The van der Waals surface area contributed by atoms with Gasteiger partial charge in [-0.3, -0.25) is 4.79 Å². The molecule has 0 aliphatic carbocycles. The van der Waals surface area contributed by atoms with Crippen LogP contribution in [-0.4, -0.2) is 33.0 Å². The molecule has 0 unspecified atom stereocenters. The Labute approximate surface area is 196 Å². The Morgan fingerprint density at radius 2 is 1.69 bits per heavy atom. The van der Waals surface area contributed by atoms with Crippen molar-refractivity contribution in [2.24, 2.45) is 0 Å². The van der Waals surface area contributed by atoms with Gasteiger partial charge in [-0.2, -0.15) is 0 Å². The maximum absolute atomic E-state index is 12.5. The summed E-state index contributed by atoms with van der Waals surface area (Å²) in [5.74, 6) is 1.45. The van der Waals surface area contributed by atoms with E-state index in [9.17, 15) is 4.79 Å². The third-order valence-electron chi connectivity index (χ3n) is 5.27. The molecule has 2 heterocycles. The van der Waals surface area contributed by atoms with Crippen LogP contribution in [0.2, 0.25) is 0 Å². The van der Waals surface area contributed by atoms with Crippen LogP contribution < -0.4 is 5.32 Å². The molecule has 4 aromatic rings. The Kier molecular flexibility index (Phi) is 7.74. The topological polar surface area (TPSA) is 59.8 Å². The van der Waals surface area contributed by atoms with Crippen LogP contribution in [0.25, 0.3) is 10.7 Å². The summed E-state index contributed by atoms with van der Waals surface area (Å²) >= 11 is 3.07. The Bertz CT molecular complexity index is 1070. The van der Waals surface area contributed by atoms with E-state index in [1.165, 1.54) is 22.9 Å². The largest absolute Gasteiger partial charge is 0.355 e. The zero-order chi connectivity index (χ0) is 22.2. The van der Waals surface area contributed by atoms with E-state index in [2.05, 4.69) is 75.5 Å². The molecule has 0 bridgehead atoms. The maximum Gasteiger partial charge on any atom is 0.230 e. The van der Waals surface area contributed by atoms with Gasteiger partial charge >= 0.3 is 0 Å². The zero-order valence-electron chi connectivity index (χ0n) is 18.0. The fourth-order valence-electron chi connectivity index (χ4n) is 3.70. The molecule has 1 N–H and O–H groups in total.